The zero-order chi connectivity index (χ0) is 26.7. The molecule has 5 heteroatoms. The minimum absolute atomic E-state index is 0.262. The first-order valence-electron chi connectivity index (χ1n) is 12.4. The second-order valence-corrected chi connectivity index (χ2v) is 11.6. The van der Waals surface area contributed by atoms with Gasteiger partial charge in [-0.25, -0.2) is 8.42 Å². The molecule has 0 N–H and O–H groups in total. The molecule has 4 aromatic carbocycles. The highest BCUT2D eigenvalue weighted by atomic mass is 35.5. The fraction of sp³-hybridized carbons (Fsp3) is 0.0909. The number of nitrogens with zero attached hydrogens (tertiary/aromatic N) is 1. The van der Waals surface area contributed by atoms with Gasteiger partial charge in [0.2, 0.25) is 9.84 Å². The molecule has 5 aromatic rings. The number of rotatable bonds is 8. The van der Waals surface area contributed by atoms with Crippen molar-refractivity contribution >= 4 is 21.4 Å². The highest BCUT2D eigenvalue weighted by Gasteiger charge is 2.33. The third kappa shape index (κ3) is 4.98. The summed E-state index contributed by atoms with van der Waals surface area (Å²) < 4.78 is 31.2. The maximum atomic E-state index is 14.6. The maximum Gasteiger partial charge on any atom is 0.209 e. The highest BCUT2D eigenvalue weighted by molar-refractivity contribution is 7.91. The van der Waals surface area contributed by atoms with Crippen molar-refractivity contribution in [3.63, 3.8) is 0 Å². The Labute approximate surface area is 229 Å². The molecule has 3 nitrogen and oxygen atoms in total. The largest absolute Gasteiger partial charge is 0.339 e. The molecule has 0 aliphatic rings. The molecule has 38 heavy (non-hydrogen) atoms. The van der Waals surface area contributed by atoms with E-state index in [9.17, 15) is 8.42 Å². The van der Waals surface area contributed by atoms with Crippen LogP contribution in [0.4, 0.5) is 0 Å². The molecule has 0 bridgehead atoms. The van der Waals surface area contributed by atoms with E-state index in [4.69, 9.17) is 11.6 Å². The minimum atomic E-state index is -3.92. The first-order chi connectivity index (χ1) is 18.4. The average Bonchev–Trinajstić information content (AvgIpc) is 3.25. The summed E-state index contributed by atoms with van der Waals surface area (Å²) in [6.07, 6.45) is 2.37. The van der Waals surface area contributed by atoms with Gasteiger partial charge in [-0.1, -0.05) is 108 Å². The summed E-state index contributed by atoms with van der Waals surface area (Å²) in [7, 11) is -3.92. The zero-order valence-corrected chi connectivity index (χ0v) is 22.7. The van der Waals surface area contributed by atoms with Crippen molar-refractivity contribution in [2.75, 3.05) is 0 Å². The third-order valence-corrected chi connectivity index (χ3v) is 8.71. The summed E-state index contributed by atoms with van der Waals surface area (Å²) >= 11 is 6.25. The first kappa shape index (κ1) is 25.8. The summed E-state index contributed by atoms with van der Waals surface area (Å²) in [5, 5.41) is 0.593. The van der Waals surface area contributed by atoms with Crippen molar-refractivity contribution in [3.05, 3.63) is 144 Å². The van der Waals surface area contributed by atoms with Gasteiger partial charge in [-0.15, -0.1) is 6.58 Å². The molecule has 0 unspecified atom stereocenters. The molecule has 0 saturated carbocycles. The van der Waals surface area contributed by atoms with Crippen LogP contribution in [0.2, 0.25) is 5.02 Å². The van der Waals surface area contributed by atoms with E-state index in [-0.39, 0.29) is 4.90 Å². The Kier molecular flexibility index (Phi) is 7.37. The van der Waals surface area contributed by atoms with Crippen LogP contribution in [-0.4, -0.2) is 13.0 Å². The Morgan fingerprint density at radius 2 is 1.39 bits per heavy atom. The van der Waals surface area contributed by atoms with Crippen LogP contribution < -0.4 is 0 Å². The van der Waals surface area contributed by atoms with Crippen LogP contribution in [0.3, 0.4) is 0 Å². The topological polar surface area (TPSA) is 39.1 Å². The molecular weight excluding hydrogens is 510 g/mol. The lowest BCUT2D eigenvalue weighted by atomic mass is 10.0. The average molecular weight is 538 g/mol. The van der Waals surface area contributed by atoms with Crippen molar-refractivity contribution in [2.24, 2.45) is 0 Å². The van der Waals surface area contributed by atoms with Crippen LogP contribution in [0.1, 0.15) is 16.8 Å². The lowest BCUT2D eigenvalue weighted by molar-refractivity contribution is 0.596. The second-order valence-electron chi connectivity index (χ2n) is 9.25. The maximum absolute atomic E-state index is 14.6. The number of aromatic nitrogens is 1. The lowest BCUT2D eigenvalue weighted by Crippen LogP contribution is -2.07. The predicted molar refractivity (Wildman–Crippen MR) is 156 cm³/mol. The van der Waals surface area contributed by atoms with Gasteiger partial charge in [0.25, 0.3) is 0 Å². The third-order valence-electron chi connectivity index (χ3n) is 6.63. The molecule has 0 spiro atoms. The Morgan fingerprint density at radius 1 is 0.789 bits per heavy atom. The monoisotopic (exact) mass is 537 g/mol. The Balaban J connectivity index is 1.93. The molecule has 1 aromatic heterocycles. The molecular formula is C33H28ClNO2S. The van der Waals surface area contributed by atoms with Gasteiger partial charge in [0.05, 0.1) is 10.6 Å². The van der Waals surface area contributed by atoms with Gasteiger partial charge in [-0.2, -0.15) is 0 Å². The zero-order valence-electron chi connectivity index (χ0n) is 21.1. The predicted octanol–water partition coefficient (Wildman–Crippen LogP) is 8.39. The SMILES string of the molecule is C=CCn1c(Cc2ccccc2)c(-c2ccc(Cl)cc2)c(S(=O)(=O)c2ccc(C)cc2)c1-c1ccccc1. The standard InChI is InChI=1S/C33H28ClNO2S/c1-3-22-35-30(23-25-10-6-4-7-11-25)31(26-16-18-28(34)19-17-26)33(32(35)27-12-8-5-9-13-27)38(36,37)29-20-14-24(2)15-21-29/h3-21H,1,22-23H2,2H3. The molecule has 0 saturated heterocycles. The highest BCUT2D eigenvalue weighted by Crippen LogP contribution is 2.44. The summed E-state index contributed by atoms with van der Waals surface area (Å²) in [6, 6.07) is 34.3. The summed E-state index contributed by atoms with van der Waals surface area (Å²) in [5.74, 6) is 0. The van der Waals surface area contributed by atoms with Crippen molar-refractivity contribution in [3.8, 4) is 22.4 Å². The number of hydrogen-bond acceptors (Lipinski definition) is 2. The number of benzene rings is 4. The van der Waals surface area contributed by atoms with Gasteiger partial charge in [-0.3, -0.25) is 0 Å². The van der Waals surface area contributed by atoms with Gasteiger partial charge in [0.15, 0.2) is 0 Å². The van der Waals surface area contributed by atoms with Crippen LogP contribution in [0, 0.1) is 6.92 Å². The number of halogens is 1. The quantitative estimate of drug-likeness (QED) is 0.186. The Bertz CT molecular complexity index is 1670. The van der Waals surface area contributed by atoms with Crippen LogP contribution in [0.5, 0.6) is 0 Å². The molecule has 190 valence electrons. The molecule has 1 heterocycles. The van der Waals surface area contributed by atoms with Crippen LogP contribution >= 0.6 is 11.6 Å². The number of aryl methyl sites for hydroxylation is 1. The van der Waals surface area contributed by atoms with Crippen LogP contribution in [0.15, 0.2) is 132 Å². The number of hydrogen-bond donors (Lipinski definition) is 0. The van der Waals surface area contributed by atoms with E-state index < -0.39 is 9.84 Å². The van der Waals surface area contributed by atoms with Crippen LogP contribution in [0.25, 0.3) is 22.4 Å². The smallest absolute Gasteiger partial charge is 0.209 e. The van der Waals surface area contributed by atoms with E-state index in [1.165, 1.54) is 0 Å². The second kappa shape index (κ2) is 10.9. The van der Waals surface area contributed by atoms with E-state index in [0.29, 0.717) is 34.1 Å². The van der Waals surface area contributed by atoms with Gasteiger partial charge >= 0.3 is 0 Å². The van der Waals surface area contributed by atoms with E-state index >= 15 is 0 Å². The van der Waals surface area contributed by atoms with Gasteiger partial charge in [-0.05, 0) is 47.9 Å². The Hall–Kier alpha value is -3.86. The van der Waals surface area contributed by atoms with E-state index in [2.05, 4.69) is 23.3 Å². The minimum Gasteiger partial charge on any atom is -0.339 e. The van der Waals surface area contributed by atoms with Crippen molar-refractivity contribution in [2.45, 2.75) is 29.7 Å². The van der Waals surface area contributed by atoms with Crippen LogP contribution in [-0.2, 0) is 22.8 Å². The molecule has 0 radical (unpaired) electrons. The van der Waals surface area contributed by atoms with Crippen molar-refractivity contribution in [1.29, 1.82) is 0 Å². The molecule has 0 aliphatic heterocycles. The summed E-state index contributed by atoms with van der Waals surface area (Å²) in [5.41, 5.74) is 5.96. The van der Waals surface area contributed by atoms with Gasteiger partial charge in [0, 0.05) is 29.2 Å². The van der Waals surface area contributed by atoms with E-state index in [0.717, 1.165) is 27.9 Å². The van der Waals surface area contributed by atoms with E-state index in [1.807, 2.05) is 85.8 Å². The Morgan fingerprint density at radius 3 is 2.00 bits per heavy atom. The fourth-order valence-electron chi connectivity index (χ4n) is 4.84. The number of sulfone groups is 1. The van der Waals surface area contributed by atoms with Gasteiger partial charge in [0.1, 0.15) is 4.90 Å². The molecule has 0 atom stereocenters. The summed E-state index contributed by atoms with van der Waals surface area (Å²) in [4.78, 5) is 0.556. The number of allylic oxidation sites excluding steroid dienone is 1. The lowest BCUT2D eigenvalue weighted by Gasteiger charge is -2.13. The molecule has 0 fully saturated rings. The molecule has 0 amide bonds. The molecule has 0 aliphatic carbocycles. The van der Waals surface area contributed by atoms with Crippen molar-refractivity contribution < 1.29 is 8.42 Å². The normalized spacial score (nSPS) is 11.4. The van der Waals surface area contributed by atoms with Crippen molar-refractivity contribution in [1.82, 2.24) is 4.57 Å². The van der Waals surface area contributed by atoms with Gasteiger partial charge < -0.3 is 4.57 Å². The fourth-order valence-corrected chi connectivity index (χ4v) is 6.68. The summed E-state index contributed by atoms with van der Waals surface area (Å²) in [6.45, 7) is 6.41. The molecule has 5 rings (SSSR count). The first-order valence-corrected chi connectivity index (χ1v) is 14.3. The van der Waals surface area contributed by atoms with E-state index in [1.54, 1.807) is 24.3 Å².